The number of rotatable bonds is 4. The molecule has 0 fully saturated rings. The molecule has 0 radical (unpaired) electrons. The van der Waals surface area contributed by atoms with Crippen molar-refractivity contribution in [1.82, 2.24) is 0 Å². The standard InChI is InChI=1S/C12H14F4N2O/c1-3-5(2)10(17)12(19)18-11-8(15)6(13)4-7(14)9(11)16/h4-5,10H,3,17H2,1-2H3,(H,18,19). The summed E-state index contributed by atoms with van der Waals surface area (Å²) in [4.78, 5) is 11.6. The lowest BCUT2D eigenvalue weighted by Gasteiger charge is -2.18. The van der Waals surface area contributed by atoms with Gasteiger partial charge in [-0.05, 0) is 5.92 Å². The molecule has 0 aliphatic heterocycles. The average Bonchev–Trinajstić information content (AvgIpc) is 2.39. The first kappa shape index (κ1) is 15.4. The van der Waals surface area contributed by atoms with E-state index >= 15 is 0 Å². The van der Waals surface area contributed by atoms with Crippen LogP contribution in [0.2, 0.25) is 0 Å². The van der Waals surface area contributed by atoms with E-state index in [1.807, 2.05) is 0 Å². The van der Waals surface area contributed by atoms with Crippen LogP contribution in [-0.4, -0.2) is 11.9 Å². The highest BCUT2D eigenvalue weighted by molar-refractivity contribution is 5.95. The molecule has 0 saturated heterocycles. The van der Waals surface area contributed by atoms with Crippen LogP contribution < -0.4 is 11.1 Å². The average molecular weight is 278 g/mol. The molecule has 1 rings (SSSR count). The van der Waals surface area contributed by atoms with E-state index in [2.05, 4.69) is 0 Å². The topological polar surface area (TPSA) is 55.1 Å². The molecule has 1 aromatic carbocycles. The van der Waals surface area contributed by atoms with E-state index in [4.69, 9.17) is 5.73 Å². The van der Waals surface area contributed by atoms with E-state index in [-0.39, 0.29) is 12.0 Å². The molecule has 2 atom stereocenters. The number of nitrogens with two attached hydrogens (primary N) is 1. The fourth-order valence-corrected chi connectivity index (χ4v) is 1.40. The molecule has 0 heterocycles. The van der Waals surface area contributed by atoms with Gasteiger partial charge in [-0.15, -0.1) is 0 Å². The second kappa shape index (κ2) is 6.01. The van der Waals surface area contributed by atoms with Gasteiger partial charge in [-0.2, -0.15) is 0 Å². The highest BCUT2D eigenvalue weighted by atomic mass is 19.2. The Kier molecular flexibility index (Phi) is 4.88. The van der Waals surface area contributed by atoms with Crippen molar-refractivity contribution in [3.05, 3.63) is 29.3 Å². The number of nitrogens with one attached hydrogen (secondary N) is 1. The van der Waals surface area contributed by atoms with Gasteiger partial charge in [0.15, 0.2) is 23.3 Å². The normalized spacial score (nSPS) is 14.1. The van der Waals surface area contributed by atoms with Crippen molar-refractivity contribution in [3.8, 4) is 0 Å². The molecule has 0 aromatic heterocycles. The van der Waals surface area contributed by atoms with E-state index in [1.54, 1.807) is 19.2 Å². The monoisotopic (exact) mass is 278 g/mol. The third-order valence-electron chi connectivity index (χ3n) is 2.92. The molecule has 1 aromatic rings. The van der Waals surface area contributed by atoms with Gasteiger partial charge in [-0.1, -0.05) is 20.3 Å². The summed E-state index contributed by atoms with van der Waals surface area (Å²) >= 11 is 0. The number of carbonyl (C=O) groups excluding carboxylic acids is 1. The number of carbonyl (C=O) groups is 1. The van der Waals surface area contributed by atoms with E-state index in [1.165, 1.54) is 0 Å². The summed E-state index contributed by atoms with van der Waals surface area (Å²) in [7, 11) is 0. The van der Waals surface area contributed by atoms with Gasteiger partial charge in [-0.3, -0.25) is 4.79 Å². The SMILES string of the molecule is CCC(C)C(N)C(=O)Nc1c(F)c(F)cc(F)c1F. The van der Waals surface area contributed by atoms with Crippen molar-refractivity contribution in [2.24, 2.45) is 11.7 Å². The molecule has 0 saturated carbocycles. The fourth-order valence-electron chi connectivity index (χ4n) is 1.40. The summed E-state index contributed by atoms with van der Waals surface area (Å²) in [6, 6.07) is -0.968. The van der Waals surface area contributed by atoms with E-state index in [0.29, 0.717) is 6.42 Å². The van der Waals surface area contributed by atoms with Crippen LogP contribution in [-0.2, 0) is 4.79 Å². The summed E-state index contributed by atoms with van der Waals surface area (Å²) in [5.74, 6) is -7.66. The Balaban J connectivity index is 3.03. The molecule has 3 N–H and O–H groups in total. The Labute approximate surface area is 107 Å². The molecule has 106 valence electrons. The van der Waals surface area contributed by atoms with Crippen molar-refractivity contribution < 1.29 is 22.4 Å². The molecule has 19 heavy (non-hydrogen) atoms. The predicted molar refractivity (Wildman–Crippen MR) is 62.3 cm³/mol. The Morgan fingerprint density at radius 1 is 1.26 bits per heavy atom. The van der Waals surface area contributed by atoms with Crippen LogP contribution in [0.25, 0.3) is 0 Å². The van der Waals surface area contributed by atoms with Crippen LogP contribution in [0.5, 0.6) is 0 Å². The number of benzene rings is 1. The Bertz CT molecular complexity index is 467. The predicted octanol–water partition coefficient (Wildman–Crippen LogP) is 2.55. The zero-order valence-corrected chi connectivity index (χ0v) is 10.4. The highest BCUT2D eigenvalue weighted by Crippen LogP contribution is 2.24. The van der Waals surface area contributed by atoms with Crippen molar-refractivity contribution in [2.45, 2.75) is 26.3 Å². The lowest BCUT2D eigenvalue weighted by Crippen LogP contribution is -2.41. The van der Waals surface area contributed by atoms with Crippen LogP contribution in [0.3, 0.4) is 0 Å². The van der Waals surface area contributed by atoms with Gasteiger partial charge < -0.3 is 11.1 Å². The maximum absolute atomic E-state index is 13.3. The van der Waals surface area contributed by atoms with Gasteiger partial charge in [0, 0.05) is 6.07 Å². The zero-order chi connectivity index (χ0) is 14.7. The Hall–Kier alpha value is -1.63. The van der Waals surface area contributed by atoms with Gasteiger partial charge in [0.1, 0.15) is 5.69 Å². The van der Waals surface area contributed by atoms with E-state index in [0.717, 1.165) is 0 Å². The number of amides is 1. The van der Waals surface area contributed by atoms with Gasteiger partial charge >= 0.3 is 0 Å². The summed E-state index contributed by atoms with van der Waals surface area (Å²) in [6.45, 7) is 3.45. The number of anilines is 1. The largest absolute Gasteiger partial charge is 0.320 e. The van der Waals surface area contributed by atoms with Crippen molar-refractivity contribution in [1.29, 1.82) is 0 Å². The summed E-state index contributed by atoms with van der Waals surface area (Å²) in [6.07, 6.45) is 0.567. The maximum atomic E-state index is 13.3. The van der Waals surface area contributed by atoms with Crippen LogP contribution in [0.15, 0.2) is 6.07 Å². The second-order valence-electron chi connectivity index (χ2n) is 4.24. The minimum Gasteiger partial charge on any atom is -0.320 e. The Morgan fingerprint density at radius 2 is 1.74 bits per heavy atom. The first-order chi connectivity index (χ1) is 8.79. The number of hydrogen-bond acceptors (Lipinski definition) is 2. The molecule has 0 spiro atoms. The lowest BCUT2D eigenvalue weighted by molar-refractivity contribution is -0.118. The molecule has 3 nitrogen and oxygen atoms in total. The Morgan fingerprint density at radius 3 is 2.16 bits per heavy atom. The minimum atomic E-state index is -1.66. The molecule has 0 aliphatic rings. The molecular weight excluding hydrogens is 264 g/mol. The van der Waals surface area contributed by atoms with Crippen molar-refractivity contribution in [3.63, 3.8) is 0 Å². The minimum absolute atomic E-state index is 0.0644. The molecule has 7 heteroatoms. The van der Waals surface area contributed by atoms with Gasteiger partial charge in [0.25, 0.3) is 0 Å². The van der Waals surface area contributed by atoms with E-state index in [9.17, 15) is 22.4 Å². The fraction of sp³-hybridized carbons (Fsp3) is 0.417. The second-order valence-corrected chi connectivity index (χ2v) is 4.24. The first-order valence-corrected chi connectivity index (χ1v) is 5.69. The van der Waals surface area contributed by atoms with Gasteiger partial charge in [-0.25, -0.2) is 17.6 Å². The maximum Gasteiger partial charge on any atom is 0.241 e. The zero-order valence-electron chi connectivity index (χ0n) is 10.4. The van der Waals surface area contributed by atoms with Crippen molar-refractivity contribution >= 4 is 11.6 Å². The van der Waals surface area contributed by atoms with Crippen LogP contribution >= 0.6 is 0 Å². The van der Waals surface area contributed by atoms with Crippen molar-refractivity contribution in [2.75, 3.05) is 5.32 Å². The first-order valence-electron chi connectivity index (χ1n) is 5.69. The number of hydrogen-bond donors (Lipinski definition) is 2. The number of halogens is 4. The summed E-state index contributed by atoms with van der Waals surface area (Å²) in [5, 5.41) is 1.78. The third kappa shape index (κ3) is 3.23. The quantitative estimate of drug-likeness (QED) is 0.657. The van der Waals surface area contributed by atoms with E-state index < -0.39 is 40.9 Å². The summed E-state index contributed by atoms with van der Waals surface area (Å²) in [5.41, 5.74) is 4.39. The van der Waals surface area contributed by atoms with Crippen LogP contribution in [0, 0.1) is 29.2 Å². The molecule has 0 bridgehead atoms. The highest BCUT2D eigenvalue weighted by Gasteiger charge is 2.25. The van der Waals surface area contributed by atoms with Crippen LogP contribution in [0.1, 0.15) is 20.3 Å². The molecular formula is C12H14F4N2O. The molecule has 2 unspecified atom stereocenters. The lowest BCUT2D eigenvalue weighted by atomic mass is 9.99. The molecule has 0 aliphatic carbocycles. The smallest absolute Gasteiger partial charge is 0.241 e. The van der Waals surface area contributed by atoms with Crippen LogP contribution in [0.4, 0.5) is 23.2 Å². The molecule has 1 amide bonds. The van der Waals surface area contributed by atoms with Gasteiger partial charge in [0.05, 0.1) is 6.04 Å². The summed E-state index contributed by atoms with van der Waals surface area (Å²) < 4.78 is 52.5. The third-order valence-corrected chi connectivity index (χ3v) is 2.92. The van der Waals surface area contributed by atoms with Gasteiger partial charge in [0.2, 0.25) is 5.91 Å².